The van der Waals surface area contributed by atoms with Crippen molar-refractivity contribution in [3.63, 3.8) is 0 Å². The summed E-state index contributed by atoms with van der Waals surface area (Å²) in [6, 6.07) is 6.15. The Kier molecular flexibility index (Phi) is 6.50. The quantitative estimate of drug-likeness (QED) is 0.744. The molecule has 1 aromatic heterocycles. The predicted molar refractivity (Wildman–Crippen MR) is 114 cm³/mol. The van der Waals surface area contributed by atoms with E-state index in [9.17, 15) is 4.79 Å². The third kappa shape index (κ3) is 4.87. The maximum absolute atomic E-state index is 12.7. The topological polar surface area (TPSA) is 57.4 Å². The molecule has 0 radical (unpaired) electrons. The second-order valence-electron chi connectivity index (χ2n) is 7.39. The van der Waals surface area contributed by atoms with Crippen LogP contribution in [0.2, 0.25) is 0 Å². The molecule has 2 aromatic rings. The molecule has 0 saturated carbocycles. The first-order chi connectivity index (χ1) is 13.0. The number of fused-ring (bicyclic) bond motifs is 1. The van der Waals surface area contributed by atoms with Crippen molar-refractivity contribution in [3.8, 4) is 0 Å². The summed E-state index contributed by atoms with van der Waals surface area (Å²) in [4.78, 5) is 17.8. The molecule has 0 unspecified atom stereocenters. The van der Waals surface area contributed by atoms with E-state index in [0.29, 0.717) is 18.2 Å². The second-order valence-corrected chi connectivity index (χ2v) is 7.78. The number of hydrogen-bond donors (Lipinski definition) is 2. The summed E-state index contributed by atoms with van der Waals surface area (Å²) in [6.45, 7) is 9.08. The SMILES string of the molecule is CCCNC(=S)N(Cc1cc2cc(C)c(C)cc2[nH]c1=O)C[C@H]1CCCO1. The van der Waals surface area contributed by atoms with E-state index in [2.05, 4.69) is 42.0 Å². The number of aromatic amines is 1. The Morgan fingerprint density at radius 2 is 2.11 bits per heavy atom. The Labute approximate surface area is 166 Å². The Bertz CT molecular complexity index is 872. The van der Waals surface area contributed by atoms with Gasteiger partial charge in [0.15, 0.2) is 5.11 Å². The standard InChI is InChI=1S/C21H29N3O2S/c1-4-7-22-21(27)24(13-18-6-5-8-26-18)12-17-11-16-9-14(2)15(3)10-19(16)23-20(17)25/h9-11,18H,4-8,12-13H2,1-3H3,(H,22,27)(H,23,25)/t18-/m1/s1. The van der Waals surface area contributed by atoms with E-state index in [1.165, 1.54) is 11.1 Å². The number of thiocarbonyl (C=S) groups is 1. The van der Waals surface area contributed by atoms with E-state index in [4.69, 9.17) is 17.0 Å². The summed E-state index contributed by atoms with van der Waals surface area (Å²) < 4.78 is 5.79. The zero-order valence-electron chi connectivity index (χ0n) is 16.4. The third-order valence-electron chi connectivity index (χ3n) is 5.16. The number of nitrogens with one attached hydrogen (secondary N) is 2. The van der Waals surface area contributed by atoms with Crippen molar-refractivity contribution in [2.45, 2.75) is 52.7 Å². The molecule has 2 N–H and O–H groups in total. The molecular formula is C21H29N3O2S. The van der Waals surface area contributed by atoms with Crippen LogP contribution >= 0.6 is 12.2 Å². The van der Waals surface area contributed by atoms with Crippen LogP contribution in [-0.2, 0) is 11.3 Å². The van der Waals surface area contributed by atoms with Gasteiger partial charge in [-0.1, -0.05) is 6.92 Å². The molecule has 6 heteroatoms. The van der Waals surface area contributed by atoms with Gasteiger partial charge in [-0.05, 0) is 80.0 Å². The van der Waals surface area contributed by atoms with Gasteiger partial charge < -0.3 is 19.9 Å². The number of pyridine rings is 1. The van der Waals surface area contributed by atoms with Gasteiger partial charge in [0.25, 0.3) is 5.56 Å². The van der Waals surface area contributed by atoms with Gasteiger partial charge in [0.05, 0.1) is 12.6 Å². The fraction of sp³-hybridized carbons (Fsp3) is 0.524. The van der Waals surface area contributed by atoms with Crippen LogP contribution in [0.3, 0.4) is 0 Å². The average Bonchev–Trinajstić information content (AvgIpc) is 3.14. The summed E-state index contributed by atoms with van der Waals surface area (Å²) in [6.07, 6.45) is 3.31. The van der Waals surface area contributed by atoms with E-state index in [-0.39, 0.29) is 11.7 Å². The summed E-state index contributed by atoms with van der Waals surface area (Å²) in [5.74, 6) is 0. The lowest BCUT2D eigenvalue weighted by Crippen LogP contribution is -2.44. The van der Waals surface area contributed by atoms with Crippen molar-refractivity contribution < 1.29 is 4.74 Å². The van der Waals surface area contributed by atoms with Gasteiger partial charge >= 0.3 is 0 Å². The summed E-state index contributed by atoms with van der Waals surface area (Å²) in [5, 5.41) is 5.03. The van der Waals surface area contributed by atoms with Gasteiger partial charge in [0.1, 0.15) is 0 Å². The van der Waals surface area contributed by atoms with Gasteiger partial charge in [-0.25, -0.2) is 0 Å². The van der Waals surface area contributed by atoms with Crippen molar-refractivity contribution in [1.29, 1.82) is 0 Å². The zero-order chi connectivity index (χ0) is 19.4. The lowest BCUT2D eigenvalue weighted by molar-refractivity contribution is 0.0897. The van der Waals surface area contributed by atoms with Crippen LogP contribution in [0.4, 0.5) is 0 Å². The highest BCUT2D eigenvalue weighted by molar-refractivity contribution is 7.80. The van der Waals surface area contributed by atoms with Gasteiger partial charge in [-0.2, -0.15) is 0 Å². The highest BCUT2D eigenvalue weighted by atomic mass is 32.1. The molecule has 0 amide bonds. The molecule has 0 spiro atoms. The number of ether oxygens (including phenoxy) is 1. The van der Waals surface area contributed by atoms with Crippen molar-refractivity contribution in [2.75, 3.05) is 19.7 Å². The van der Waals surface area contributed by atoms with Gasteiger partial charge in [-0.3, -0.25) is 4.79 Å². The highest BCUT2D eigenvalue weighted by Crippen LogP contribution is 2.19. The lowest BCUT2D eigenvalue weighted by atomic mass is 10.0. The number of aromatic nitrogens is 1. The van der Waals surface area contributed by atoms with Crippen molar-refractivity contribution in [3.05, 3.63) is 45.2 Å². The highest BCUT2D eigenvalue weighted by Gasteiger charge is 2.22. The smallest absolute Gasteiger partial charge is 0.253 e. The van der Waals surface area contributed by atoms with Crippen LogP contribution in [-0.4, -0.2) is 40.8 Å². The van der Waals surface area contributed by atoms with Crippen LogP contribution < -0.4 is 10.9 Å². The molecule has 2 heterocycles. The van der Waals surface area contributed by atoms with E-state index in [1.807, 2.05) is 12.1 Å². The summed E-state index contributed by atoms with van der Waals surface area (Å²) in [5.41, 5.74) is 3.95. The monoisotopic (exact) mass is 387 g/mol. The minimum absolute atomic E-state index is 0.0543. The molecule has 146 valence electrons. The number of nitrogens with zero attached hydrogens (tertiary/aromatic N) is 1. The molecule has 3 rings (SSSR count). The van der Waals surface area contributed by atoms with Crippen molar-refractivity contribution in [2.24, 2.45) is 0 Å². The minimum Gasteiger partial charge on any atom is -0.376 e. The summed E-state index contributed by atoms with van der Waals surface area (Å²) >= 11 is 5.60. The maximum atomic E-state index is 12.7. The molecule has 1 aliphatic heterocycles. The molecule has 1 atom stereocenters. The Morgan fingerprint density at radius 1 is 1.33 bits per heavy atom. The van der Waals surface area contributed by atoms with E-state index in [0.717, 1.165) is 48.9 Å². The van der Waals surface area contributed by atoms with Crippen molar-refractivity contribution >= 4 is 28.2 Å². The maximum Gasteiger partial charge on any atom is 0.253 e. The molecule has 0 aliphatic carbocycles. The third-order valence-corrected chi connectivity index (χ3v) is 5.56. The fourth-order valence-corrected chi connectivity index (χ4v) is 3.68. The zero-order valence-corrected chi connectivity index (χ0v) is 17.2. The van der Waals surface area contributed by atoms with Crippen molar-refractivity contribution in [1.82, 2.24) is 15.2 Å². The van der Waals surface area contributed by atoms with Gasteiger partial charge in [0, 0.05) is 30.8 Å². The largest absolute Gasteiger partial charge is 0.376 e. The lowest BCUT2D eigenvalue weighted by Gasteiger charge is -2.28. The normalized spacial score (nSPS) is 16.6. The van der Waals surface area contributed by atoms with Crippen LogP contribution in [0.5, 0.6) is 0 Å². The first-order valence-corrected chi connectivity index (χ1v) is 10.2. The fourth-order valence-electron chi connectivity index (χ4n) is 3.44. The molecule has 1 aromatic carbocycles. The second kappa shape index (κ2) is 8.85. The van der Waals surface area contributed by atoms with Crippen LogP contribution in [0.1, 0.15) is 42.9 Å². The van der Waals surface area contributed by atoms with Crippen LogP contribution in [0.15, 0.2) is 23.0 Å². The Balaban J connectivity index is 1.86. The first kappa shape index (κ1) is 19.8. The Hall–Kier alpha value is -1.92. The first-order valence-electron chi connectivity index (χ1n) is 9.75. The van der Waals surface area contributed by atoms with E-state index < -0.39 is 0 Å². The molecular weight excluding hydrogens is 358 g/mol. The summed E-state index contributed by atoms with van der Waals surface area (Å²) in [7, 11) is 0. The van der Waals surface area contributed by atoms with Crippen LogP contribution in [0.25, 0.3) is 10.9 Å². The molecule has 0 bridgehead atoms. The number of aryl methyl sites for hydroxylation is 2. The predicted octanol–water partition coefficient (Wildman–Crippen LogP) is 3.41. The van der Waals surface area contributed by atoms with E-state index >= 15 is 0 Å². The number of benzene rings is 1. The molecule has 27 heavy (non-hydrogen) atoms. The van der Waals surface area contributed by atoms with Gasteiger partial charge in [-0.15, -0.1) is 0 Å². The number of hydrogen-bond acceptors (Lipinski definition) is 3. The average molecular weight is 388 g/mol. The van der Waals surface area contributed by atoms with E-state index in [1.54, 1.807) is 0 Å². The molecule has 5 nitrogen and oxygen atoms in total. The number of H-pyrrole nitrogens is 1. The van der Waals surface area contributed by atoms with Gasteiger partial charge in [0.2, 0.25) is 0 Å². The molecule has 1 aliphatic rings. The Morgan fingerprint density at radius 3 is 2.81 bits per heavy atom. The molecule has 1 fully saturated rings. The number of rotatable bonds is 6. The minimum atomic E-state index is -0.0543. The van der Waals surface area contributed by atoms with Crippen LogP contribution in [0, 0.1) is 13.8 Å². The molecule has 1 saturated heterocycles.